The Labute approximate surface area is 97.7 Å². The van der Waals surface area contributed by atoms with Crippen LogP contribution < -0.4 is 5.32 Å². The van der Waals surface area contributed by atoms with Crippen molar-refractivity contribution in [1.29, 1.82) is 0 Å². The van der Waals surface area contributed by atoms with E-state index in [1.807, 2.05) is 6.92 Å². The summed E-state index contributed by atoms with van der Waals surface area (Å²) < 4.78 is 10.6. The zero-order valence-corrected chi connectivity index (χ0v) is 10.5. The van der Waals surface area contributed by atoms with Crippen LogP contribution in [-0.4, -0.2) is 37.4 Å². The van der Waals surface area contributed by atoms with E-state index in [1.54, 1.807) is 0 Å². The maximum Gasteiger partial charge on any atom is 0.328 e. The van der Waals surface area contributed by atoms with Crippen molar-refractivity contribution >= 4 is 5.97 Å². The zero-order valence-electron chi connectivity index (χ0n) is 10.5. The smallest absolute Gasteiger partial charge is 0.328 e. The molecule has 94 valence electrons. The molecule has 0 aromatic heterocycles. The van der Waals surface area contributed by atoms with E-state index in [4.69, 9.17) is 9.47 Å². The second-order valence-electron chi connectivity index (χ2n) is 4.41. The predicted molar refractivity (Wildman–Crippen MR) is 62.3 cm³/mol. The summed E-state index contributed by atoms with van der Waals surface area (Å²) in [5.74, 6) is -0.171. The second kappa shape index (κ2) is 6.21. The van der Waals surface area contributed by atoms with Crippen LogP contribution in [-0.2, 0) is 14.3 Å². The minimum absolute atomic E-state index is 0.171. The summed E-state index contributed by atoms with van der Waals surface area (Å²) in [5, 5.41) is 3.37. The molecule has 1 aliphatic rings. The van der Waals surface area contributed by atoms with Gasteiger partial charge in [0.05, 0.1) is 13.2 Å². The van der Waals surface area contributed by atoms with Crippen molar-refractivity contribution in [1.82, 2.24) is 5.32 Å². The molecule has 0 saturated carbocycles. The quantitative estimate of drug-likeness (QED) is 0.726. The Morgan fingerprint density at radius 3 is 2.81 bits per heavy atom. The van der Waals surface area contributed by atoms with E-state index in [1.165, 1.54) is 0 Å². The van der Waals surface area contributed by atoms with Gasteiger partial charge in [0, 0.05) is 12.6 Å². The van der Waals surface area contributed by atoms with E-state index in [-0.39, 0.29) is 5.97 Å². The molecular formula is C12H23NO3. The Kier molecular flexibility index (Phi) is 5.22. The fourth-order valence-corrected chi connectivity index (χ4v) is 1.97. The maximum atomic E-state index is 12.0. The van der Waals surface area contributed by atoms with Gasteiger partial charge in [-0.3, -0.25) is 5.32 Å². The molecule has 4 nitrogen and oxygen atoms in total. The van der Waals surface area contributed by atoms with Crippen molar-refractivity contribution in [3.8, 4) is 0 Å². The average Bonchev–Trinajstić information content (AvgIpc) is 2.30. The molecule has 0 aromatic rings. The minimum atomic E-state index is -0.621. The lowest BCUT2D eigenvalue weighted by atomic mass is 9.91. The SMILES string of the molecule is CCOC(=O)C1(NC(C)CC)CCCOC1. The van der Waals surface area contributed by atoms with Gasteiger partial charge in [-0.2, -0.15) is 0 Å². The third-order valence-electron chi connectivity index (χ3n) is 3.04. The van der Waals surface area contributed by atoms with Crippen LogP contribution in [0.4, 0.5) is 0 Å². The Bertz CT molecular complexity index is 224. The maximum absolute atomic E-state index is 12.0. The van der Waals surface area contributed by atoms with Crippen LogP contribution in [0.1, 0.15) is 40.0 Å². The van der Waals surface area contributed by atoms with Gasteiger partial charge in [0.2, 0.25) is 0 Å². The normalized spacial score (nSPS) is 27.4. The fraction of sp³-hybridized carbons (Fsp3) is 0.917. The highest BCUT2D eigenvalue weighted by molar-refractivity contribution is 5.81. The first-order valence-electron chi connectivity index (χ1n) is 6.17. The van der Waals surface area contributed by atoms with E-state index >= 15 is 0 Å². The molecule has 0 aliphatic carbocycles. The van der Waals surface area contributed by atoms with E-state index in [0.717, 1.165) is 25.9 Å². The van der Waals surface area contributed by atoms with Crippen LogP contribution in [0.5, 0.6) is 0 Å². The summed E-state index contributed by atoms with van der Waals surface area (Å²) in [6.07, 6.45) is 2.69. The van der Waals surface area contributed by atoms with E-state index < -0.39 is 5.54 Å². The lowest BCUT2D eigenvalue weighted by molar-refractivity contribution is -0.157. The molecule has 1 rings (SSSR count). The van der Waals surface area contributed by atoms with Gasteiger partial charge in [0.1, 0.15) is 5.54 Å². The summed E-state index contributed by atoms with van der Waals surface area (Å²) in [6.45, 7) is 7.59. The second-order valence-corrected chi connectivity index (χ2v) is 4.41. The third kappa shape index (κ3) is 3.19. The lowest BCUT2D eigenvalue weighted by Gasteiger charge is -2.37. The van der Waals surface area contributed by atoms with Crippen LogP contribution in [0.15, 0.2) is 0 Å². The molecule has 1 N–H and O–H groups in total. The monoisotopic (exact) mass is 229 g/mol. The van der Waals surface area contributed by atoms with Crippen molar-refractivity contribution in [3.05, 3.63) is 0 Å². The largest absolute Gasteiger partial charge is 0.465 e. The van der Waals surface area contributed by atoms with Crippen molar-refractivity contribution in [2.24, 2.45) is 0 Å². The molecule has 0 amide bonds. The lowest BCUT2D eigenvalue weighted by Crippen LogP contribution is -2.60. The Morgan fingerprint density at radius 1 is 1.56 bits per heavy atom. The number of rotatable bonds is 5. The van der Waals surface area contributed by atoms with Gasteiger partial charge in [-0.1, -0.05) is 6.92 Å². The summed E-state index contributed by atoms with van der Waals surface area (Å²) >= 11 is 0. The number of carbonyl (C=O) groups excluding carboxylic acids is 1. The number of carbonyl (C=O) groups is 1. The predicted octanol–water partition coefficient (Wildman–Crippen LogP) is 1.49. The van der Waals surface area contributed by atoms with Crippen molar-refractivity contribution in [2.45, 2.75) is 51.6 Å². The van der Waals surface area contributed by atoms with Crippen LogP contribution in [0.25, 0.3) is 0 Å². The standard InChI is InChI=1S/C12H23NO3/c1-4-10(3)13-12(11(14)16-5-2)7-6-8-15-9-12/h10,13H,4-9H2,1-3H3. The number of ether oxygens (including phenoxy) is 2. The first kappa shape index (κ1) is 13.5. The zero-order chi connectivity index (χ0) is 12.0. The number of nitrogens with one attached hydrogen (secondary N) is 1. The van der Waals surface area contributed by atoms with Crippen LogP contribution in [0.3, 0.4) is 0 Å². The summed E-state index contributed by atoms with van der Waals surface area (Å²) in [5.41, 5.74) is -0.621. The highest BCUT2D eigenvalue weighted by Crippen LogP contribution is 2.22. The van der Waals surface area contributed by atoms with Gasteiger partial charge >= 0.3 is 5.97 Å². The van der Waals surface area contributed by atoms with Gasteiger partial charge in [0.25, 0.3) is 0 Å². The Balaban J connectivity index is 2.70. The van der Waals surface area contributed by atoms with Crippen LogP contribution in [0, 0.1) is 0 Å². The molecule has 0 radical (unpaired) electrons. The van der Waals surface area contributed by atoms with Crippen LogP contribution >= 0.6 is 0 Å². The number of hydrogen-bond acceptors (Lipinski definition) is 4. The molecule has 16 heavy (non-hydrogen) atoms. The van der Waals surface area contributed by atoms with Gasteiger partial charge in [-0.15, -0.1) is 0 Å². The van der Waals surface area contributed by atoms with Crippen molar-refractivity contribution < 1.29 is 14.3 Å². The molecular weight excluding hydrogens is 206 g/mol. The Morgan fingerprint density at radius 2 is 2.31 bits per heavy atom. The van der Waals surface area contributed by atoms with Crippen molar-refractivity contribution in [3.63, 3.8) is 0 Å². The topological polar surface area (TPSA) is 47.6 Å². The molecule has 0 spiro atoms. The highest BCUT2D eigenvalue weighted by atomic mass is 16.5. The minimum Gasteiger partial charge on any atom is -0.465 e. The van der Waals surface area contributed by atoms with Gasteiger partial charge in [0.15, 0.2) is 0 Å². The number of esters is 1. The summed E-state index contributed by atoms with van der Waals surface area (Å²) in [7, 11) is 0. The van der Waals surface area contributed by atoms with Gasteiger partial charge in [-0.05, 0) is 33.1 Å². The number of hydrogen-bond donors (Lipinski definition) is 1. The molecule has 0 aromatic carbocycles. The highest BCUT2D eigenvalue weighted by Gasteiger charge is 2.42. The molecule has 1 aliphatic heterocycles. The van der Waals surface area contributed by atoms with Gasteiger partial charge < -0.3 is 9.47 Å². The first-order valence-corrected chi connectivity index (χ1v) is 6.17. The van der Waals surface area contributed by atoms with E-state index in [0.29, 0.717) is 19.3 Å². The molecule has 1 heterocycles. The first-order chi connectivity index (χ1) is 7.64. The van der Waals surface area contributed by atoms with Crippen molar-refractivity contribution in [2.75, 3.05) is 19.8 Å². The fourth-order valence-electron chi connectivity index (χ4n) is 1.97. The van der Waals surface area contributed by atoms with E-state index in [9.17, 15) is 4.79 Å². The summed E-state index contributed by atoms with van der Waals surface area (Å²) in [4.78, 5) is 12.0. The van der Waals surface area contributed by atoms with E-state index in [2.05, 4.69) is 19.2 Å². The third-order valence-corrected chi connectivity index (χ3v) is 3.04. The average molecular weight is 229 g/mol. The summed E-state index contributed by atoms with van der Waals surface area (Å²) in [6, 6.07) is 0.297. The molecule has 1 fully saturated rings. The van der Waals surface area contributed by atoms with Crippen LogP contribution in [0.2, 0.25) is 0 Å². The molecule has 2 unspecified atom stereocenters. The van der Waals surface area contributed by atoms with Gasteiger partial charge in [-0.25, -0.2) is 4.79 Å². The Hall–Kier alpha value is -0.610. The molecule has 2 atom stereocenters. The molecule has 4 heteroatoms. The molecule has 0 bridgehead atoms. The molecule has 1 saturated heterocycles.